The molecule has 2 aromatic carbocycles. The van der Waals surface area contributed by atoms with Crippen LogP contribution in [0.3, 0.4) is 0 Å². The van der Waals surface area contributed by atoms with E-state index in [0.29, 0.717) is 18.4 Å². The Labute approximate surface area is 183 Å². The van der Waals surface area contributed by atoms with Gasteiger partial charge in [0.2, 0.25) is 5.91 Å². The van der Waals surface area contributed by atoms with Crippen LogP contribution in [0.1, 0.15) is 28.0 Å². The Bertz CT molecular complexity index is 1250. The molecule has 1 aliphatic rings. The van der Waals surface area contributed by atoms with Crippen LogP contribution in [0, 0.1) is 0 Å². The predicted molar refractivity (Wildman–Crippen MR) is 123 cm³/mol. The summed E-state index contributed by atoms with van der Waals surface area (Å²) in [5.41, 5.74) is 5.14. The number of hydrogen-bond acceptors (Lipinski definition) is 4. The van der Waals surface area contributed by atoms with Gasteiger partial charge in [0.15, 0.2) is 0 Å². The largest absolute Gasteiger partial charge is 0.326 e. The third kappa shape index (κ3) is 4.32. The number of fused-ring (bicyclic) bond motifs is 2. The number of carbonyl (C=O) groups excluding carboxylic acids is 2. The lowest BCUT2D eigenvalue weighted by Gasteiger charge is -2.17. The smallest absolute Gasteiger partial charge is 0.255 e. The fraction of sp³-hybridized carbons (Fsp3) is 0.125. The SMILES string of the molecule is O=C1CCc2cc(NC(=O)c3ccc(SCc4cn5ccccc5n4)cc3)ccc2N1. The Morgan fingerprint density at radius 2 is 1.97 bits per heavy atom. The summed E-state index contributed by atoms with van der Waals surface area (Å²) in [6.45, 7) is 0. The Kier molecular flexibility index (Phi) is 5.18. The molecular weight excluding hydrogens is 408 g/mol. The van der Waals surface area contributed by atoms with E-state index in [4.69, 9.17) is 0 Å². The van der Waals surface area contributed by atoms with Crippen molar-refractivity contribution >= 4 is 40.6 Å². The standard InChI is InChI=1S/C24H20N4O2S/c29-23-11-6-17-13-18(7-10-21(17)27-23)26-24(30)16-4-8-20(9-5-16)31-15-19-14-28-12-2-1-3-22(28)25-19/h1-5,7-10,12-14H,6,11,15H2,(H,26,30)(H,27,29). The molecule has 154 valence electrons. The van der Waals surface area contributed by atoms with Gasteiger partial charge in [-0.3, -0.25) is 9.59 Å². The fourth-order valence-corrected chi connectivity index (χ4v) is 4.36. The van der Waals surface area contributed by atoms with Crippen LogP contribution in [0.5, 0.6) is 0 Å². The van der Waals surface area contributed by atoms with Crippen molar-refractivity contribution in [3.63, 3.8) is 0 Å². The monoisotopic (exact) mass is 428 g/mol. The lowest BCUT2D eigenvalue weighted by Crippen LogP contribution is -2.19. The number of nitrogens with zero attached hydrogens (tertiary/aromatic N) is 2. The minimum absolute atomic E-state index is 0.0310. The summed E-state index contributed by atoms with van der Waals surface area (Å²) in [6, 6.07) is 19.1. The van der Waals surface area contributed by atoms with Crippen LogP contribution < -0.4 is 10.6 Å². The van der Waals surface area contributed by atoms with Crippen LogP contribution in [0.4, 0.5) is 11.4 Å². The number of aryl methyl sites for hydroxylation is 1. The summed E-state index contributed by atoms with van der Waals surface area (Å²) in [5.74, 6) is 0.638. The number of thioether (sulfide) groups is 1. The van der Waals surface area contributed by atoms with E-state index in [0.717, 1.165) is 38.9 Å². The first kappa shape index (κ1) is 19.4. The van der Waals surface area contributed by atoms with E-state index in [1.54, 1.807) is 17.8 Å². The van der Waals surface area contributed by atoms with Crippen LogP contribution in [0.2, 0.25) is 0 Å². The topological polar surface area (TPSA) is 75.5 Å². The van der Waals surface area contributed by atoms with E-state index in [9.17, 15) is 9.59 Å². The molecule has 0 radical (unpaired) electrons. The number of hydrogen-bond donors (Lipinski definition) is 2. The number of imidazole rings is 1. The maximum Gasteiger partial charge on any atom is 0.255 e. The second-order valence-electron chi connectivity index (χ2n) is 7.39. The molecule has 0 saturated carbocycles. The molecule has 0 fully saturated rings. The van der Waals surface area contributed by atoms with E-state index >= 15 is 0 Å². The Balaban J connectivity index is 1.21. The molecule has 0 aliphatic carbocycles. The van der Waals surface area contributed by atoms with E-state index in [2.05, 4.69) is 15.6 Å². The lowest BCUT2D eigenvalue weighted by molar-refractivity contribution is -0.116. The van der Waals surface area contributed by atoms with E-state index in [-0.39, 0.29) is 11.8 Å². The second-order valence-corrected chi connectivity index (χ2v) is 8.43. The van der Waals surface area contributed by atoms with Gasteiger partial charge in [-0.2, -0.15) is 0 Å². The van der Waals surface area contributed by atoms with Crippen molar-refractivity contribution in [2.45, 2.75) is 23.5 Å². The number of benzene rings is 2. The molecule has 2 N–H and O–H groups in total. The normalized spacial score (nSPS) is 13.0. The number of aromatic nitrogens is 2. The maximum atomic E-state index is 12.6. The minimum Gasteiger partial charge on any atom is -0.326 e. The Morgan fingerprint density at radius 1 is 1.10 bits per heavy atom. The summed E-state index contributed by atoms with van der Waals surface area (Å²) in [4.78, 5) is 29.8. The van der Waals surface area contributed by atoms with Gasteiger partial charge in [-0.05, 0) is 66.6 Å². The number of carbonyl (C=O) groups is 2. The summed E-state index contributed by atoms with van der Waals surface area (Å²) >= 11 is 1.69. The van der Waals surface area contributed by atoms with E-state index in [1.165, 1.54) is 0 Å². The quantitative estimate of drug-likeness (QED) is 0.449. The fourth-order valence-electron chi connectivity index (χ4n) is 3.58. The second kappa shape index (κ2) is 8.28. The van der Waals surface area contributed by atoms with E-state index in [1.807, 2.05) is 71.4 Å². The zero-order chi connectivity index (χ0) is 21.2. The molecule has 1 aliphatic heterocycles. The zero-order valence-corrected chi connectivity index (χ0v) is 17.5. The van der Waals surface area contributed by atoms with Crippen LogP contribution in [-0.4, -0.2) is 21.2 Å². The van der Waals surface area contributed by atoms with Crippen LogP contribution in [0.25, 0.3) is 5.65 Å². The number of nitrogens with one attached hydrogen (secondary N) is 2. The van der Waals surface area contributed by atoms with Crippen molar-refractivity contribution in [1.82, 2.24) is 9.38 Å². The van der Waals surface area contributed by atoms with Gasteiger partial charge in [0, 0.05) is 46.4 Å². The number of rotatable bonds is 5. The van der Waals surface area contributed by atoms with Crippen molar-refractivity contribution in [2.24, 2.45) is 0 Å². The minimum atomic E-state index is -0.156. The van der Waals surface area contributed by atoms with Crippen molar-refractivity contribution in [3.05, 3.63) is 89.9 Å². The van der Waals surface area contributed by atoms with Gasteiger partial charge in [-0.25, -0.2) is 4.98 Å². The Hall–Kier alpha value is -3.58. The third-order valence-electron chi connectivity index (χ3n) is 5.18. The number of amides is 2. The molecule has 0 spiro atoms. The molecule has 7 heteroatoms. The van der Waals surface area contributed by atoms with Gasteiger partial charge in [-0.15, -0.1) is 11.8 Å². The molecule has 0 saturated heterocycles. The predicted octanol–water partition coefficient (Wildman–Crippen LogP) is 4.76. The Morgan fingerprint density at radius 3 is 2.81 bits per heavy atom. The molecule has 6 nitrogen and oxygen atoms in total. The maximum absolute atomic E-state index is 12.6. The van der Waals surface area contributed by atoms with Gasteiger partial charge in [0.25, 0.3) is 5.91 Å². The highest BCUT2D eigenvalue weighted by Crippen LogP contribution is 2.26. The van der Waals surface area contributed by atoms with Gasteiger partial charge in [-0.1, -0.05) is 6.07 Å². The first-order valence-corrected chi connectivity index (χ1v) is 11.0. The molecule has 0 unspecified atom stereocenters. The summed E-state index contributed by atoms with van der Waals surface area (Å²) < 4.78 is 2.01. The van der Waals surface area contributed by atoms with E-state index < -0.39 is 0 Å². The van der Waals surface area contributed by atoms with Crippen molar-refractivity contribution in [2.75, 3.05) is 10.6 Å². The van der Waals surface area contributed by atoms with Gasteiger partial charge < -0.3 is 15.0 Å². The highest BCUT2D eigenvalue weighted by molar-refractivity contribution is 7.98. The summed E-state index contributed by atoms with van der Waals surface area (Å²) in [5, 5.41) is 5.79. The molecule has 2 amide bonds. The average molecular weight is 429 g/mol. The zero-order valence-electron chi connectivity index (χ0n) is 16.7. The van der Waals surface area contributed by atoms with Crippen LogP contribution in [-0.2, 0) is 17.0 Å². The highest BCUT2D eigenvalue weighted by Gasteiger charge is 2.15. The van der Waals surface area contributed by atoms with Crippen LogP contribution >= 0.6 is 11.8 Å². The molecule has 3 heterocycles. The summed E-state index contributed by atoms with van der Waals surface area (Å²) in [7, 11) is 0. The van der Waals surface area contributed by atoms with Crippen LogP contribution in [0.15, 0.2) is 78.0 Å². The highest BCUT2D eigenvalue weighted by atomic mass is 32.2. The molecule has 0 bridgehead atoms. The molecule has 0 atom stereocenters. The molecule has 4 aromatic rings. The van der Waals surface area contributed by atoms with Crippen molar-refractivity contribution in [1.29, 1.82) is 0 Å². The van der Waals surface area contributed by atoms with Gasteiger partial charge in [0.05, 0.1) is 5.69 Å². The number of anilines is 2. The molecule has 5 rings (SSSR count). The third-order valence-corrected chi connectivity index (χ3v) is 6.22. The van der Waals surface area contributed by atoms with Crippen molar-refractivity contribution < 1.29 is 9.59 Å². The molecule has 2 aromatic heterocycles. The lowest BCUT2D eigenvalue weighted by atomic mass is 10.0. The first-order chi connectivity index (χ1) is 15.1. The molecule has 31 heavy (non-hydrogen) atoms. The van der Waals surface area contributed by atoms with Gasteiger partial charge >= 0.3 is 0 Å². The van der Waals surface area contributed by atoms with Crippen molar-refractivity contribution in [3.8, 4) is 0 Å². The average Bonchev–Trinajstić information content (AvgIpc) is 3.21. The molecular formula is C24H20N4O2S. The van der Waals surface area contributed by atoms with Gasteiger partial charge in [0.1, 0.15) is 5.65 Å². The summed E-state index contributed by atoms with van der Waals surface area (Å²) in [6.07, 6.45) is 5.18. The number of pyridine rings is 1. The first-order valence-electron chi connectivity index (χ1n) is 10.0.